The van der Waals surface area contributed by atoms with Crippen molar-refractivity contribution in [2.75, 3.05) is 0 Å². The number of para-hydroxylation sites is 3. The summed E-state index contributed by atoms with van der Waals surface area (Å²) in [6.07, 6.45) is 0. The molecular weight excluding hydrogens is 775 g/mol. The summed E-state index contributed by atoms with van der Waals surface area (Å²) in [5, 5.41) is 6.23. The van der Waals surface area contributed by atoms with Crippen molar-refractivity contribution in [3.63, 3.8) is 0 Å². The van der Waals surface area contributed by atoms with Crippen LogP contribution in [0, 0.1) is 0 Å². The molecule has 0 saturated heterocycles. The van der Waals surface area contributed by atoms with E-state index in [0.29, 0.717) is 17.5 Å². The minimum Gasteiger partial charge on any atom is -0.456 e. The molecule has 13 aromatic rings. The summed E-state index contributed by atoms with van der Waals surface area (Å²) in [7, 11) is 0. The van der Waals surface area contributed by atoms with Crippen LogP contribution in [0.25, 0.3) is 133 Å². The Morgan fingerprint density at radius 2 is 0.619 bits per heavy atom. The average Bonchev–Trinajstić information content (AvgIpc) is 4.05. The molecule has 294 valence electrons. The van der Waals surface area contributed by atoms with Crippen LogP contribution in [-0.2, 0) is 0 Å². The quantitative estimate of drug-likeness (QED) is 0.166. The second kappa shape index (κ2) is 14.0. The van der Waals surface area contributed by atoms with E-state index in [1.807, 2.05) is 78.9 Å². The van der Waals surface area contributed by atoms with Crippen molar-refractivity contribution in [3.05, 3.63) is 200 Å². The van der Waals surface area contributed by atoms with Crippen LogP contribution in [0.3, 0.4) is 0 Å². The van der Waals surface area contributed by atoms with Crippen LogP contribution in [0.4, 0.5) is 0 Å². The molecule has 4 aromatic heterocycles. The normalized spacial score (nSPS) is 11.8. The van der Waals surface area contributed by atoms with Crippen LogP contribution in [0.1, 0.15) is 0 Å². The van der Waals surface area contributed by atoms with Gasteiger partial charge in [-0.25, -0.2) is 15.0 Å². The van der Waals surface area contributed by atoms with Crippen LogP contribution in [0.15, 0.2) is 213 Å². The van der Waals surface area contributed by atoms with Gasteiger partial charge in [0.15, 0.2) is 17.5 Å². The number of fused-ring (bicyclic) bond motifs is 9. The topological polar surface area (TPSA) is 78.1 Å². The fraction of sp³-hybridized carbons (Fsp3) is 0. The Morgan fingerprint density at radius 1 is 0.238 bits per heavy atom. The molecule has 0 aliphatic heterocycles. The molecule has 0 aliphatic carbocycles. The SMILES string of the molecule is c1cc(-c2ccc(-c3ccc4c(c3)oc3ccccc34)cc2)cc(-c2ccc(-c3nc(-c4cccc5oc6ccccc6c45)nc(-c4cccc5oc6ccccc6c45)n3)cc2)c1. The number of hydrogen-bond acceptors (Lipinski definition) is 6. The summed E-state index contributed by atoms with van der Waals surface area (Å²) in [5.74, 6) is 1.70. The molecule has 0 amide bonds. The lowest BCUT2D eigenvalue weighted by atomic mass is 9.96. The van der Waals surface area contributed by atoms with Crippen LogP contribution in [-0.4, -0.2) is 15.0 Å². The van der Waals surface area contributed by atoms with E-state index in [-0.39, 0.29) is 0 Å². The fourth-order valence-corrected chi connectivity index (χ4v) is 9.12. The van der Waals surface area contributed by atoms with E-state index in [0.717, 1.165) is 116 Å². The number of hydrogen-bond donors (Lipinski definition) is 0. The molecule has 0 radical (unpaired) electrons. The van der Waals surface area contributed by atoms with Crippen LogP contribution in [0.2, 0.25) is 0 Å². The molecule has 0 unspecified atom stereocenters. The second-order valence-electron chi connectivity index (χ2n) is 15.9. The molecule has 13 rings (SSSR count). The lowest BCUT2D eigenvalue weighted by Crippen LogP contribution is -2.00. The maximum Gasteiger partial charge on any atom is 0.164 e. The van der Waals surface area contributed by atoms with Crippen LogP contribution in [0.5, 0.6) is 0 Å². The number of nitrogens with zero attached hydrogens (tertiary/aromatic N) is 3. The highest BCUT2D eigenvalue weighted by molar-refractivity contribution is 6.13. The maximum absolute atomic E-state index is 6.29. The third-order valence-electron chi connectivity index (χ3n) is 12.2. The van der Waals surface area contributed by atoms with E-state index < -0.39 is 0 Å². The molecule has 0 fully saturated rings. The smallest absolute Gasteiger partial charge is 0.164 e. The van der Waals surface area contributed by atoms with Crippen LogP contribution >= 0.6 is 0 Å². The first kappa shape index (κ1) is 35.2. The lowest BCUT2D eigenvalue weighted by Gasteiger charge is -2.11. The highest BCUT2D eigenvalue weighted by Gasteiger charge is 2.20. The molecule has 0 saturated carbocycles. The summed E-state index contributed by atoms with van der Waals surface area (Å²) >= 11 is 0. The van der Waals surface area contributed by atoms with Gasteiger partial charge >= 0.3 is 0 Å². The molecule has 9 aromatic carbocycles. The molecule has 0 N–H and O–H groups in total. The Morgan fingerprint density at radius 3 is 1.17 bits per heavy atom. The highest BCUT2D eigenvalue weighted by atomic mass is 16.3. The predicted molar refractivity (Wildman–Crippen MR) is 254 cm³/mol. The fourth-order valence-electron chi connectivity index (χ4n) is 9.12. The minimum absolute atomic E-state index is 0.565. The summed E-state index contributed by atoms with van der Waals surface area (Å²) in [6.45, 7) is 0. The Kier molecular flexibility index (Phi) is 7.80. The van der Waals surface area contributed by atoms with Gasteiger partial charge in [-0.05, 0) is 81.9 Å². The first-order valence-corrected chi connectivity index (χ1v) is 21.0. The van der Waals surface area contributed by atoms with Crippen molar-refractivity contribution in [2.24, 2.45) is 0 Å². The average molecular weight is 808 g/mol. The van der Waals surface area contributed by atoms with E-state index in [2.05, 4.69) is 121 Å². The Hall–Kier alpha value is -8.61. The van der Waals surface area contributed by atoms with Gasteiger partial charge in [-0.1, -0.05) is 152 Å². The monoisotopic (exact) mass is 807 g/mol. The van der Waals surface area contributed by atoms with Gasteiger partial charge in [0.1, 0.15) is 33.5 Å². The summed E-state index contributed by atoms with van der Waals surface area (Å²) in [6, 6.07) is 68.8. The molecule has 6 heteroatoms. The van der Waals surface area contributed by atoms with E-state index in [4.69, 9.17) is 28.2 Å². The standard InChI is InChI=1S/C57H33N3O3/c1-4-17-47-41(12-1)42-31-30-40(33-52(42)63-47)36-24-22-34(23-25-36)38-10-7-11-39(32-38)35-26-28-37(29-27-35)55-58-56(45-15-8-20-50-53(45)43-13-2-5-18-48(43)61-50)60-57(59-55)46-16-9-21-51-54(46)44-14-3-6-19-49(44)62-51/h1-33H. The third kappa shape index (κ3) is 5.84. The van der Waals surface area contributed by atoms with Gasteiger partial charge in [0, 0.05) is 49.0 Å². The summed E-state index contributed by atoms with van der Waals surface area (Å²) in [5.41, 5.74) is 14.4. The van der Waals surface area contributed by atoms with E-state index in [1.165, 1.54) is 0 Å². The molecular formula is C57H33N3O3. The highest BCUT2D eigenvalue weighted by Crippen LogP contribution is 2.40. The van der Waals surface area contributed by atoms with Crippen molar-refractivity contribution in [1.29, 1.82) is 0 Å². The van der Waals surface area contributed by atoms with Crippen molar-refractivity contribution >= 4 is 65.8 Å². The van der Waals surface area contributed by atoms with Gasteiger partial charge < -0.3 is 13.3 Å². The first-order valence-electron chi connectivity index (χ1n) is 21.0. The van der Waals surface area contributed by atoms with Gasteiger partial charge in [-0.15, -0.1) is 0 Å². The molecule has 4 heterocycles. The van der Waals surface area contributed by atoms with Crippen molar-refractivity contribution < 1.29 is 13.3 Å². The van der Waals surface area contributed by atoms with Crippen molar-refractivity contribution in [2.45, 2.75) is 0 Å². The minimum atomic E-state index is 0.565. The van der Waals surface area contributed by atoms with Gasteiger partial charge in [0.05, 0.1) is 0 Å². The van der Waals surface area contributed by atoms with E-state index in [1.54, 1.807) is 0 Å². The Labute approximate surface area is 360 Å². The first-order chi connectivity index (χ1) is 31.2. The van der Waals surface area contributed by atoms with Gasteiger partial charge in [-0.2, -0.15) is 0 Å². The summed E-state index contributed by atoms with van der Waals surface area (Å²) < 4.78 is 18.8. The molecule has 0 spiro atoms. The van der Waals surface area contributed by atoms with Gasteiger partial charge in [0.25, 0.3) is 0 Å². The zero-order valence-corrected chi connectivity index (χ0v) is 33.6. The zero-order valence-electron chi connectivity index (χ0n) is 33.6. The number of furan rings is 3. The molecule has 6 nitrogen and oxygen atoms in total. The number of rotatable bonds is 6. The van der Waals surface area contributed by atoms with Crippen LogP contribution < -0.4 is 0 Å². The van der Waals surface area contributed by atoms with Gasteiger partial charge in [-0.3, -0.25) is 0 Å². The van der Waals surface area contributed by atoms with Crippen molar-refractivity contribution in [1.82, 2.24) is 15.0 Å². The third-order valence-corrected chi connectivity index (χ3v) is 12.2. The maximum atomic E-state index is 6.29. The molecule has 0 bridgehead atoms. The summed E-state index contributed by atoms with van der Waals surface area (Å²) in [4.78, 5) is 15.6. The Bertz CT molecular complexity index is 3780. The van der Waals surface area contributed by atoms with E-state index in [9.17, 15) is 0 Å². The zero-order chi connectivity index (χ0) is 41.4. The lowest BCUT2D eigenvalue weighted by molar-refractivity contribution is 0.668. The Balaban J connectivity index is 0.870. The predicted octanol–water partition coefficient (Wildman–Crippen LogP) is 15.6. The largest absolute Gasteiger partial charge is 0.456 e. The molecule has 0 aliphatic rings. The van der Waals surface area contributed by atoms with Crippen molar-refractivity contribution in [3.8, 4) is 67.5 Å². The molecule has 0 atom stereocenters. The van der Waals surface area contributed by atoms with Gasteiger partial charge in [0.2, 0.25) is 0 Å². The second-order valence-corrected chi connectivity index (χ2v) is 15.9. The number of benzene rings is 9. The molecule has 63 heavy (non-hydrogen) atoms. The number of aromatic nitrogens is 3. The van der Waals surface area contributed by atoms with E-state index >= 15 is 0 Å².